The molecule has 0 aliphatic carbocycles. The Morgan fingerprint density at radius 1 is 1.08 bits per heavy atom. The predicted octanol–water partition coefficient (Wildman–Crippen LogP) is 4.05. The summed E-state index contributed by atoms with van der Waals surface area (Å²) in [5.41, 5.74) is 11.4. The number of piperidine rings is 1. The van der Waals surface area contributed by atoms with Crippen LogP contribution in [0.1, 0.15) is 36.6 Å². The highest BCUT2D eigenvalue weighted by Gasteiger charge is 2.28. The fourth-order valence-electron chi connectivity index (χ4n) is 5.98. The molecule has 39 heavy (non-hydrogen) atoms. The highest BCUT2D eigenvalue weighted by atomic mass is 79.9. The Labute approximate surface area is 234 Å². The molecule has 1 amide bonds. The number of nitrogens with zero attached hydrogens (tertiary/aromatic N) is 5. The molecule has 2 aliphatic rings. The van der Waals surface area contributed by atoms with Gasteiger partial charge in [0.15, 0.2) is 0 Å². The minimum atomic E-state index is -0.797. The van der Waals surface area contributed by atoms with Crippen molar-refractivity contribution in [2.45, 2.75) is 44.8 Å². The number of likely N-dealkylation sites (tertiary alicyclic amines) is 1. The number of aromatic amines is 1. The average molecular weight is 595 g/mol. The molecule has 0 saturated carbocycles. The molecule has 1 saturated heterocycles. The molecule has 2 aromatic carbocycles. The van der Waals surface area contributed by atoms with E-state index in [1.54, 1.807) is 5.06 Å². The van der Waals surface area contributed by atoms with Crippen LogP contribution in [0.15, 0.2) is 57.8 Å². The number of hydrogen-bond donors (Lipinski definition) is 2. The molecule has 4 aromatic rings. The lowest BCUT2D eigenvalue weighted by Crippen LogP contribution is -2.37. The number of para-hydroxylation sites is 2. The van der Waals surface area contributed by atoms with Crippen LogP contribution in [-0.4, -0.2) is 61.6 Å². The van der Waals surface area contributed by atoms with Gasteiger partial charge in [-0.2, -0.15) is 5.10 Å². The van der Waals surface area contributed by atoms with Gasteiger partial charge in [-0.3, -0.25) is 9.25 Å². The predicted molar refractivity (Wildman–Crippen MR) is 152 cm³/mol. The fourth-order valence-corrected chi connectivity index (χ4v) is 6.24. The Bertz CT molecular complexity index is 1530. The molecule has 0 radical (unpaired) electrons. The van der Waals surface area contributed by atoms with Crippen LogP contribution in [0.5, 0.6) is 0 Å². The fraction of sp³-hybridized carbons (Fsp3) is 0.393. The molecule has 2 aromatic heterocycles. The third kappa shape index (κ3) is 5.39. The summed E-state index contributed by atoms with van der Waals surface area (Å²) in [5.74, 6) is 0. The number of carbonyl (C=O) groups excluding carboxylic acids is 1. The summed E-state index contributed by atoms with van der Waals surface area (Å²) in [6.07, 6.45) is 2.84. The summed E-state index contributed by atoms with van der Waals surface area (Å²) in [5, 5.41) is 6.63. The van der Waals surface area contributed by atoms with Crippen LogP contribution < -0.4 is 11.4 Å². The largest absolute Gasteiger partial charge is 0.423 e. The van der Waals surface area contributed by atoms with Crippen molar-refractivity contribution in [3.63, 3.8) is 0 Å². The Balaban J connectivity index is 1.11. The third-order valence-corrected chi connectivity index (χ3v) is 8.35. The van der Waals surface area contributed by atoms with Crippen LogP contribution in [0.25, 0.3) is 22.3 Å². The number of aryl methyl sites for hydroxylation is 1. The summed E-state index contributed by atoms with van der Waals surface area (Å²) in [4.78, 5) is 34.6. The monoisotopic (exact) mass is 593 g/mol. The smallest absolute Gasteiger partial charge is 0.351 e. The number of primary amides is 1. The maximum Gasteiger partial charge on any atom is 0.423 e. The molecule has 0 bridgehead atoms. The van der Waals surface area contributed by atoms with Gasteiger partial charge >= 0.3 is 11.8 Å². The van der Waals surface area contributed by atoms with E-state index in [9.17, 15) is 9.59 Å². The SMILES string of the molecule is NC(=O)ON1CCc2c(c(-c3ccc(Br)cc3)nn2CCCN2CCC(n3c(=O)[nH]c4ccccc43)CC2)C1. The number of rotatable bonds is 7. The average Bonchev–Trinajstić information content (AvgIpc) is 3.46. The highest BCUT2D eigenvalue weighted by molar-refractivity contribution is 9.10. The second-order valence-corrected chi connectivity index (χ2v) is 11.2. The minimum Gasteiger partial charge on any atom is -0.351 e. The molecule has 10 nitrogen and oxygen atoms in total. The number of nitrogens with two attached hydrogens (primary N) is 1. The molecule has 11 heteroatoms. The van der Waals surface area contributed by atoms with E-state index in [0.29, 0.717) is 13.1 Å². The van der Waals surface area contributed by atoms with E-state index >= 15 is 0 Å². The van der Waals surface area contributed by atoms with E-state index in [4.69, 9.17) is 15.7 Å². The molecule has 1 fully saturated rings. The van der Waals surface area contributed by atoms with Crippen LogP contribution in [0.2, 0.25) is 0 Å². The first-order valence-corrected chi connectivity index (χ1v) is 14.2. The molecule has 6 rings (SSSR count). The zero-order valence-corrected chi connectivity index (χ0v) is 23.3. The van der Waals surface area contributed by atoms with Crippen molar-refractivity contribution in [2.75, 3.05) is 26.2 Å². The molecular weight excluding hydrogens is 562 g/mol. The van der Waals surface area contributed by atoms with Crippen LogP contribution in [-0.2, 0) is 24.3 Å². The zero-order valence-electron chi connectivity index (χ0n) is 21.7. The summed E-state index contributed by atoms with van der Waals surface area (Å²) in [6, 6.07) is 16.3. The summed E-state index contributed by atoms with van der Waals surface area (Å²) in [6.45, 7) is 4.79. The number of imidazole rings is 1. The number of hydroxylamine groups is 2. The van der Waals surface area contributed by atoms with Gasteiger partial charge in [0.25, 0.3) is 0 Å². The van der Waals surface area contributed by atoms with E-state index in [1.807, 2.05) is 53.1 Å². The van der Waals surface area contributed by atoms with Gasteiger partial charge in [-0.15, -0.1) is 5.06 Å². The first-order valence-electron chi connectivity index (χ1n) is 13.4. The second kappa shape index (κ2) is 11.0. The van der Waals surface area contributed by atoms with E-state index in [-0.39, 0.29) is 11.7 Å². The number of fused-ring (bicyclic) bond motifs is 2. The quantitative estimate of drug-likeness (QED) is 0.334. The molecule has 4 heterocycles. The number of amides is 1. The Morgan fingerprint density at radius 2 is 1.85 bits per heavy atom. The molecule has 0 unspecified atom stereocenters. The molecule has 3 N–H and O–H groups in total. The number of H-pyrrole nitrogens is 1. The van der Waals surface area contributed by atoms with Gasteiger partial charge in [-0.25, -0.2) is 9.59 Å². The normalized spacial score (nSPS) is 16.9. The minimum absolute atomic E-state index is 0.0144. The Morgan fingerprint density at radius 3 is 2.62 bits per heavy atom. The van der Waals surface area contributed by atoms with Gasteiger partial charge in [0.2, 0.25) is 0 Å². The van der Waals surface area contributed by atoms with Crippen molar-refractivity contribution in [1.82, 2.24) is 29.3 Å². The van der Waals surface area contributed by atoms with E-state index < -0.39 is 6.09 Å². The number of aromatic nitrogens is 4. The summed E-state index contributed by atoms with van der Waals surface area (Å²) < 4.78 is 5.08. The Hall–Kier alpha value is -3.41. The van der Waals surface area contributed by atoms with Gasteiger partial charge in [-0.1, -0.05) is 40.2 Å². The number of nitrogens with one attached hydrogen (secondary N) is 1. The van der Waals surface area contributed by atoms with Crippen LogP contribution in [0.3, 0.4) is 0 Å². The molecule has 2 aliphatic heterocycles. The van der Waals surface area contributed by atoms with Crippen molar-refractivity contribution in [3.8, 4) is 11.3 Å². The topological polar surface area (TPSA) is 114 Å². The van der Waals surface area contributed by atoms with Gasteiger partial charge in [0, 0.05) is 59.9 Å². The van der Waals surface area contributed by atoms with Crippen molar-refractivity contribution >= 4 is 33.1 Å². The van der Waals surface area contributed by atoms with Crippen molar-refractivity contribution in [1.29, 1.82) is 0 Å². The van der Waals surface area contributed by atoms with Crippen LogP contribution in [0.4, 0.5) is 4.79 Å². The molecule has 0 spiro atoms. The van der Waals surface area contributed by atoms with Gasteiger partial charge in [0.05, 0.1) is 23.3 Å². The van der Waals surface area contributed by atoms with Gasteiger partial charge in [-0.05, 0) is 50.1 Å². The second-order valence-electron chi connectivity index (χ2n) is 10.3. The first-order chi connectivity index (χ1) is 19.0. The number of hydrogen-bond acceptors (Lipinski definition) is 6. The first kappa shape index (κ1) is 25.8. The van der Waals surface area contributed by atoms with Crippen LogP contribution >= 0.6 is 15.9 Å². The summed E-state index contributed by atoms with van der Waals surface area (Å²) >= 11 is 3.51. The maximum atomic E-state index is 12.6. The Kier molecular flexibility index (Phi) is 7.28. The van der Waals surface area contributed by atoms with E-state index in [2.05, 4.69) is 30.5 Å². The van der Waals surface area contributed by atoms with Gasteiger partial charge < -0.3 is 20.5 Å². The third-order valence-electron chi connectivity index (χ3n) is 7.83. The molecule has 204 valence electrons. The number of benzene rings is 2. The maximum absolute atomic E-state index is 12.6. The van der Waals surface area contributed by atoms with Crippen LogP contribution in [0, 0.1) is 0 Å². The van der Waals surface area contributed by atoms with Gasteiger partial charge in [0.1, 0.15) is 0 Å². The van der Waals surface area contributed by atoms with Crippen molar-refractivity contribution in [3.05, 3.63) is 74.7 Å². The van der Waals surface area contributed by atoms with E-state index in [0.717, 1.165) is 84.2 Å². The highest BCUT2D eigenvalue weighted by Crippen LogP contribution is 2.31. The summed E-state index contributed by atoms with van der Waals surface area (Å²) in [7, 11) is 0. The van der Waals surface area contributed by atoms with E-state index in [1.165, 1.54) is 5.69 Å². The van der Waals surface area contributed by atoms with Crippen molar-refractivity contribution < 1.29 is 9.63 Å². The van der Waals surface area contributed by atoms with Crippen molar-refractivity contribution in [2.24, 2.45) is 5.73 Å². The zero-order chi connectivity index (χ0) is 26.9. The number of halogens is 1. The lowest BCUT2D eigenvalue weighted by Gasteiger charge is -2.32. The molecular formula is C28H32BrN7O3. The molecule has 0 atom stereocenters. The lowest BCUT2D eigenvalue weighted by atomic mass is 10.0. The standard InChI is InChI=1S/C28H32BrN7O3/c29-20-8-6-19(7-9-20)26-22-18-34(39-27(30)37)17-12-24(22)35(32-26)14-3-13-33-15-10-21(11-16-33)36-25-5-2-1-4-23(25)31-28(36)38/h1-2,4-9,21H,3,10-18H2,(H2,30,37)(H,31,38). The lowest BCUT2D eigenvalue weighted by molar-refractivity contribution is -0.107. The number of carbonyl (C=O) groups is 1.